The highest BCUT2D eigenvalue weighted by Crippen LogP contribution is 2.40. The number of likely N-dealkylation sites (N-methyl/N-ethyl adjacent to an activating group) is 1. The van der Waals surface area contributed by atoms with Gasteiger partial charge in [-0.25, -0.2) is 4.98 Å². The van der Waals surface area contributed by atoms with Gasteiger partial charge >= 0.3 is 0 Å². The molecule has 7 heteroatoms. The number of nitrogens with one attached hydrogen (secondary N) is 1. The summed E-state index contributed by atoms with van der Waals surface area (Å²) in [4.78, 5) is 23.2. The van der Waals surface area contributed by atoms with E-state index in [-0.39, 0.29) is 5.91 Å². The molecule has 0 radical (unpaired) electrons. The van der Waals surface area contributed by atoms with E-state index in [4.69, 9.17) is 4.98 Å². The summed E-state index contributed by atoms with van der Waals surface area (Å²) in [5.74, 6) is 0.428. The van der Waals surface area contributed by atoms with Gasteiger partial charge in [0.15, 0.2) is 5.65 Å². The van der Waals surface area contributed by atoms with Crippen LogP contribution in [0.3, 0.4) is 0 Å². The first-order valence-electron chi connectivity index (χ1n) is 12.2. The van der Waals surface area contributed by atoms with Crippen LogP contribution in [0.5, 0.6) is 0 Å². The highest BCUT2D eigenvalue weighted by Gasteiger charge is 2.28. The number of carbonyl (C=O) groups excluding carboxylic acids is 1. The zero-order chi connectivity index (χ0) is 22.9. The first-order chi connectivity index (χ1) is 16.0. The standard InChI is InChI=1S/C26H34N6O/c1-4-31-11-13-32(14-12-31)17-21-8-6-5-7-20(21)16-27-26(33)22-15-23(19-9-10-19)28-25-24(22)18(2)29-30(25)3/h5-8,15,19H,4,9-14,16-17H2,1-3H3,(H,27,33). The molecule has 0 unspecified atom stereocenters. The average molecular weight is 447 g/mol. The zero-order valence-corrected chi connectivity index (χ0v) is 20.0. The van der Waals surface area contributed by atoms with Crippen molar-refractivity contribution >= 4 is 16.9 Å². The largest absolute Gasteiger partial charge is 0.348 e. The molecule has 0 bridgehead atoms. The van der Waals surface area contributed by atoms with Crippen LogP contribution >= 0.6 is 0 Å². The van der Waals surface area contributed by atoms with Crippen molar-refractivity contribution in [2.24, 2.45) is 7.05 Å². The molecule has 1 saturated carbocycles. The van der Waals surface area contributed by atoms with Crippen molar-refractivity contribution in [3.05, 3.63) is 58.4 Å². The van der Waals surface area contributed by atoms with Crippen molar-refractivity contribution in [2.45, 2.75) is 45.7 Å². The molecule has 2 fully saturated rings. The lowest BCUT2D eigenvalue weighted by Gasteiger charge is -2.34. The van der Waals surface area contributed by atoms with Crippen molar-refractivity contribution < 1.29 is 4.79 Å². The van der Waals surface area contributed by atoms with Gasteiger partial charge in [-0.2, -0.15) is 5.10 Å². The van der Waals surface area contributed by atoms with Crippen molar-refractivity contribution in [1.82, 2.24) is 29.9 Å². The minimum atomic E-state index is -0.0493. The number of nitrogens with zero attached hydrogens (tertiary/aromatic N) is 5. The molecular formula is C26H34N6O. The molecule has 1 saturated heterocycles. The Hall–Kier alpha value is -2.77. The number of carbonyl (C=O) groups is 1. The third kappa shape index (κ3) is 4.66. The molecular weight excluding hydrogens is 412 g/mol. The summed E-state index contributed by atoms with van der Waals surface area (Å²) in [5.41, 5.74) is 5.83. The Morgan fingerprint density at radius 2 is 1.79 bits per heavy atom. The summed E-state index contributed by atoms with van der Waals surface area (Å²) in [6, 6.07) is 10.5. The van der Waals surface area contributed by atoms with E-state index < -0.39 is 0 Å². The van der Waals surface area contributed by atoms with E-state index in [1.165, 1.54) is 11.1 Å². The van der Waals surface area contributed by atoms with E-state index >= 15 is 0 Å². The second-order valence-corrected chi connectivity index (χ2v) is 9.44. The lowest BCUT2D eigenvalue weighted by Crippen LogP contribution is -2.45. The van der Waals surface area contributed by atoms with Gasteiger partial charge in [0, 0.05) is 57.9 Å². The molecule has 1 aliphatic heterocycles. The molecule has 1 amide bonds. The predicted molar refractivity (Wildman–Crippen MR) is 130 cm³/mol. The van der Waals surface area contributed by atoms with Gasteiger partial charge in [-0.3, -0.25) is 14.4 Å². The fraction of sp³-hybridized carbons (Fsp3) is 0.500. The highest BCUT2D eigenvalue weighted by molar-refractivity contribution is 6.06. The molecule has 1 aromatic carbocycles. The van der Waals surface area contributed by atoms with Gasteiger partial charge < -0.3 is 10.2 Å². The molecule has 1 N–H and O–H groups in total. The SMILES string of the molecule is CCN1CCN(Cc2ccccc2CNC(=O)c2cc(C3CC3)nc3c2c(C)nn3C)CC1. The minimum absolute atomic E-state index is 0.0493. The quantitative estimate of drug-likeness (QED) is 0.604. The lowest BCUT2D eigenvalue weighted by atomic mass is 10.0. The first kappa shape index (κ1) is 22.0. The molecule has 7 nitrogen and oxygen atoms in total. The van der Waals surface area contributed by atoms with Crippen LogP contribution in [0.2, 0.25) is 0 Å². The van der Waals surface area contributed by atoms with E-state index in [0.717, 1.165) is 74.5 Å². The maximum Gasteiger partial charge on any atom is 0.252 e. The van der Waals surface area contributed by atoms with Crippen LogP contribution in [-0.2, 0) is 20.1 Å². The lowest BCUT2D eigenvalue weighted by molar-refractivity contribution is 0.0952. The van der Waals surface area contributed by atoms with Gasteiger partial charge in [-0.05, 0) is 43.5 Å². The van der Waals surface area contributed by atoms with E-state index in [9.17, 15) is 4.79 Å². The Morgan fingerprint density at radius 3 is 2.48 bits per heavy atom. The fourth-order valence-electron chi connectivity index (χ4n) is 4.89. The summed E-state index contributed by atoms with van der Waals surface area (Å²) >= 11 is 0. The normalized spacial score (nSPS) is 17.5. The molecule has 5 rings (SSSR count). The number of pyridine rings is 1. The maximum atomic E-state index is 13.4. The maximum absolute atomic E-state index is 13.4. The Kier molecular flexibility index (Phi) is 6.17. The molecule has 0 spiro atoms. The van der Waals surface area contributed by atoms with Crippen LogP contribution in [0.4, 0.5) is 0 Å². The molecule has 0 atom stereocenters. The van der Waals surface area contributed by atoms with Crippen molar-refractivity contribution in [1.29, 1.82) is 0 Å². The first-order valence-corrected chi connectivity index (χ1v) is 12.2. The molecule has 174 valence electrons. The smallest absolute Gasteiger partial charge is 0.252 e. The number of aryl methyl sites for hydroxylation is 2. The molecule has 2 aromatic heterocycles. The molecule has 1 aliphatic carbocycles. The van der Waals surface area contributed by atoms with Gasteiger partial charge in [-0.1, -0.05) is 31.2 Å². The van der Waals surface area contributed by atoms with Crippen LogP contribution in [-0.4, -0.2) is 63.2 Å². The van der Waals surface area contributed by atoms with Crippen LogP contribution in [0.15, 0.2) is 30.3 Å². The van der Waals surface area contributed by atoms with Crippen LogP contribution in [0, 0.1) is 6.92 Å². The van der Waals surface area contributed by atoms with Gasteiger partial charge in [-0.15, -0.1) is 0 Å². The van der Waals surface area contributed by atoms with Crippen molar-refractivity contribution in [3.63, 3.8) is 0 Å². The number of amides is 1. The number of hydrogen-bond acceptors (Lipinski definition) is 5. The van der Waals surface area contributed by atoms with Gasteiger partial charge in [0.1, 0.15) is 0 Å². The monoisotopic (exact) mass is 446 g/mol. The number of rotatable bonds is 7. The zero-order valence-electron chi connectivity index (χ0n) is 20.0. The minimum Gasteiger partial charge on any atom is -0.348 e. The fourth-order valence-corrected chi connectivity index (χ4v) is 4.89. The topological polar surface area (TPSA) is 66.3 Å². The second kappa shape index (κ2) is 9.23. The summed E-state index contributed by atoms with van der Waals surface area (Å²) < 4.78 is 1.79. The van der Waals surface area contributed by atoms with Crippen molar-refractivity contribution in [3.8, 4) is 0 Å². The molecule has 3 aromatic rings. The molecule has 2 aliphatic rings. The van der Waals surface area contributed by atoms with E-state index in [2.05, 4.69) is 51.4 Å². The van der Waals surface area contributed by atoms with Gasteiger partial charge in [0.05, 0.1) is 16.6 Å². The van der Waals surface area contributed by atoms with Crippen LogP contribution in [0.25, 0.3) is 11.0 Å². The van der Waals surface area contributed by atoms with Crippen LogP contribution < -0.4 is 5.32 Å². The predicted octanol–water partition coefficient (Wildman–Crippen LogP) is 3.22. The van der Waals surface area contributed by atoms with Gasteiger partial charge in [0.25, 0.3) is 5.91 Å². The number of hydrogen-bond donors (Lipinski definition) is 1. The Morgan fingerprint density at radius 1 is 1.09 bits per heavy atom. The highest BCUT2D eigenvalue weighted by atomic mass is 16.1. The van der Waals surface area contributed by atoms with E-state index in [1.54, 1.807) is 4.68 Å². The summed E-state index contributed by atoms with van der Waals surface area (Å²) in [5, 5.41) is 8.58. The number of piperazine rings is 1. The van der Waals surface area contributed by atoms with E-state index in [0.29, 0.717) is 18.0 Å². The Labute approximate surface area is 195 Å². The Balaban J connectivity index is 1.33. The third-order valence-electron chi connectivity index (χ3n) is 7.09. The van der Waals surface area contributed by atoms with Crippen molar-refractivity contribution in [2.75, 3.05) is 32.7 Å². The number of fused-ring (bicyclic) bond motifs is 1. The Bertz CT molecular complexity index is 1160. The van der Waals surface area contributed by atoms with Crippen LogP contribution in [0.1, 0.15) is 58.6 Å². The van der Waals surface area contributed by atoms with E-state index in [1.807, 2.05) is 20.0 Å². The van der Waals surface area contributed by atoms with Gasteiger partial charge in [0.2, 0.25) is 0 Å². The second-order valence-electron chi connectivity index (χ2n) is 9.44. The number of benzene rings is 1. The average Bonchev–Trinajstić information content (AvgIpc) is 3.64. The number of aromatic nitrogens is 3. The third-order valence-corrected chi connectivity index (χ3v) is 7.09. The summed E-state index contributed by atoms with van der Waals surface area (Å²) in [6.07, 6.45) is 2.30. The molecule has 3 heterocycles. The molecule has 33 heavy (non-hydrogen) atoms. The summed E-state index contributed by atoms with van der Waals surface area (Å²) in [6.45, 7) is 11.2. The summed E-state index contributed by atoms with van der Waals surface area (Å²) in [7, 11) is 1.90.